The third-order valence-electron chi connectivity index (χ3n) is 2.97. The third-order valence-corrected chi connectivity index (χ3v) is 4.50. The first kappa shape index (κ1) is 15.7. The molecule has 0 aliphatic heterocycles. The summed E-state index contributed by atoms with van der Waals surface area (Å²) in [6, 6.07) is 8.47. The highest BCUT2D eigenvalue weighted by Crippen LogP contribution is 2.13. The van der Waals surface area contributed by atoms with Crippen molar-refractivity contribution in [2.75, 3.05) is 0 Å². The van der Waals surface area contributed by atoms with Crippen molar-refractivity contribution in [3.8, 4) is 6.07 Å². The number of hydrogen-bond donors (Lipinski definition) is 1. The van der Waals surface area contributed by atoms with Crippen molar-refractivity contribution in [2.45, 2.75) is 50.5 Å². The topological polar surface area (TPSA) is 70.0 Å². The quantitative estimate of drug-likeness (QED) is 0.834. The first-order valence-corrected chi connectivity index (χ1v) is 8.00. The molecule has 1 aromatic rings. The van der Waals surface area contributed by atoms with E-state index in [-0.39, 0.29) is 10.9 Å². The highest BCUT2D eigenvalue weighted by Gasteiger charge is 2.18. The van der Waals surface area contributed by atoms with Crippen molar-refractivity contribution in [3.63, 3.8) is 0 Å². The summed E-state index contributed by atoms with van der Waals surface area (Å²) in [6.45, 7) is 4.01. The van der Waals surface area contributed by atoms with Crippen LogP contribution in [0.2, 0.25) is 0 Å². The molecule has 5 heteroatoms. The van der Waals surface area contributed by atoms with Crippen LogP contribution in [0, 0.1) is 11.3 Å². The molecular formula is C14H20N2O2S. The highest BCUT2D eigenvalue weighted by molar-refractivity contribution is 7.89. The first-order chi connectivity index (χ1) is 9.03. The fourth-order valence-corrected chi connectivity index (χ4v) is 3.21. The van der Waals surface area contributed by atoms with Gasteiger partial charge < -0.3 is 0 Å². The van der Waals surface area contributed by atoms with Crippen molar-refractivity contribution in [3.05, 3.63) is 29.8 Å². The van der Waals surface area contributed by atoms with Crippen LogP contribution in [-0.4, -0.2) is 14.5 Å². The van der Waals surface area contributed by atoms with E-state index in [4.69, 9.17) is 5.26 Å². The average molecular weight is 280 g/mol. The third kappa shape index (κ3) is 4.66. The molecule has 19 heavy (non-hydrogen) atoms. The maximum Gasteiger partial charge on any atom is 0.240 e. The molecule has 104 valence electrons. The molecule has 0 aromatic heterocycles. The Bertz CT molecular complexity index is 530. The average Bonchev–Trinajstić information content (AvgIpc) is 2.39. The molecule has 0 aliphatic rings. The fraction of sp³-hybridized carbons (Fsp3) is 0.500. The maximum absolute atomic E-state index is 12.2. The van der Waals surface area contributed by atoms with Crippen LogP contribution in [0.1, 0.15) is 38.7 Å². The summed E-state index contributed by atoms with van der Waals surface area (Å²) in [5.74, 6) is 0. The van der Waals surface area contributed by atoms with E-state index < -0.39 is 10.0 Å². The van der Waals surface area contributed by atoms with Crippen LogP contribution in [0.5, 0.6) is 0 Å². The van der Waals surface area contributed by atoms with E-state index in [1.54, 1.807) is 24.3 Å². The number of nitrogens with zero attached hydrogens (tertiary/aromatic N) is 1. The monoisotopic (exact) mass is 280 g/mol. The van der Waals surface area contributed by atoms with Crippen molar-refractivity contribution >= 4 is 10.0 Å². The minimum atomic E-state index is -3.46. The fourth-order valence-electron chi connectivity index (χ4n) is 1.86. The second-order valence-corrected chi connectivity index (χ2v) is 6.21. The van der Waals surface area contributed by atoms with Gasteiger partial charge in [0, 0.05) is 6.04 Å². The van der Waals surface area contributed by atoms with E-state index in [0.29, 0.717) is 6.42 Å². The van der Waals surface area contributed by atoms with Gasteiger partial charge in [-0.1, -0.05) is 32.4 Å². The van der Waals surface area contributed by atoms with Crippen LogP contribution in [0.15, 0.2) is 29.2 Å². The van der Waals surface area contributed by atoms with Gasteiger partial charge in [0.15, 0.2) is 0 Å². The molecule has 4 nitrogen and oxygen atoms in total. The van der Waals surface area contributed by atoms with Crippen LogP contribution < -0.4 is 4.72 Å². The minimum absolute atomic E-state index is 0.0196. The Balaban J connectivity index is 2.85. The van der Waals surface area contributed by atoms with Crippen molar-refractivity contribution in [2.24, 2.45) is 0 Å². The number of benzene rings is 1. The zero-order chi connectivity index (χ0) is 14.3. The summed E-state index contributed by atoms with van der Waals surface area (Å²) in [4.78, 5) is 0.253. The number of rotatable bonds is 7. The minimum Gasteiger partial charge on any atom is -0.208 e. The van der Waals surface area contributed by atoms with Gasteiger partial charge >= 0.3 is 0 Å². The smallest absolute Gasteiger partial charge is 0.208 e. The predicted molar refractivity (Wildman–Crippen MR) is 75.1 cm³/mol. The zero-order valence-electron chi connectivity index (χ0n) is 11.4. The SMILES string of the molecule is CCCC(CC)NS(=O)(=O)c1ccc(CC#N)cc1. The van der Waals surface area contributed by atoms with Gasteiger partial charge in [0.05, 0.1) is 17.4 Å². The molecule has 1 unspecified atom stereocenters. The second kappa shape index (κ2) is 7.27. The van der Waals surface area contributed by atoms with Gasteiger partial charge in [-0.25, -0.2) is 13.1 Å². The lowest BCUT2D eigenvalue weighted by Crippen LogP contribution is -2.34. The van der Waals surface area contributed by atoms with Gasteiger partial charge in [0.25, 0.3) is 0 Å². The van der Waals surface area contributed by atoms with Crippen LogP contribution in [0.25, 0.3) is 0 Å². The molecule has 1 aromatic carbocycles. The Morgan fingerprint density at radius 3 is 2.37 bits per heavy atom. The molecule has 0 amide bonds. The van der Waals surface area contributed by atoms with Crippen LogP contribution in [0.3, 0.4) is 0 Å². The number of hydrogen-bond acceptors (Lipinski definition) is 3. The standard InChI is InChI=1S/C14H20N2O2S/c1-3-5-13(4-2)16-19(17,18)14-8-6-12(7-9-14)10-11-15/h6-9,13,16H,3-5,10H2,1-2H3. The van der Waals surface area contributed by atoms with Crippen molar-refractivity contribution in [1.29, 1.82) is 5.26 Å². The molecule has 0 spiro atoms. The molecule has 0 bridgehead atoms. The summed E-state index contributed by atoms with van der Waals surface area (Å²) < 4.78 is 27.1. The van der Waals surface area contributed by atoms with E-state index in [9.17, 15) is 8.42 Å². The molecule has 0 saturated heterocycles. The Labute approximate surface area is 115 Å². The van der Waals surface area contributed by atoms with E-state index in [1.165, 1.54) is 0 Å². The molecule has 1 rings (SSSR count). The zero-order valence-corrected chi connectivity index (χ0v) is 12.2. The van der Waals surface area contributed by atoms with Crippen molar-refractivity contribution < 1.29 is 8.42 Å². The second-order valence-electron chi connectivity index (χ2n) is 4.49. The first-order valence-electron chi connectivity index (χ1n) is 6.51. The number of nitriles is 1. The largest absolute Gasteiger partial charge is 0.240 e. The summed E-state index contributed by atoms with van der Waals surface area (Å²) >= 11 is 0. The predicted octanol–water partition coefficient (Wildman–Crippen LogP) is 2.61. The molecule has 0 aliphatic carbocycles. The van der Waals surface area contributed by atoms with Gasteiger partial charge in [-0.05, 0) is 30.5 Å². The van der Waals surface area contributed by atoms with Crippen LogP contribution in [-0.2, 0) is 16.4 Å². The molecule has 1 N–H and O–H groups in total. The van der Waals surface area contributed by atoms with Crippen molar-refractivity contribution in [1.82, 2.24) is 4.72 Å². The maximum atomic E-state index is 12.2. The Morgan fingerprint density at radius 1 is 1.26 bits per heavy atom. The number of nitrogens with one attached hydrogen (secondary N) is 1. The van der Waals surface area contributed by atoms with Crippen LogP contribution >= 0.6 is 0 Å². The van der Waals surface area contributed by atoms with Gasteiger partial charge in [-0.2, -0.15) is 5.26 Å². The Kier molecular flexibility index (Phi) is 6.00. The lowest BCUT2D eigenvalue weighted by atomic mass is 10.1. The molecular weight excluding hydrogens is 260 g/mol. The Morgan fingerprint density at radius 2 is 1.89 bits per heavy atom. The molecule has 0 saturated carbocycles. The van der Waals surface area contributed by atoms with Gasteiger partial charge in [-0.3, -0.25) is 0 Å². The van der Waals surface area contributed by atoms with Gasteiger partial charge in [0.1, 0.15) is 0 Å². The highest BCUT2D eigenvalue weighted by atomic mass is 32.2. The molecule has 0 radical (unpaired) electrons. The van der Waals surface area contributed by atoms with E-state index in [1.807, 2.05) is 19.9 Å². The number of sulfonamides is 1. The summed E-state index contributed by atoms with van der Waals surface area (Å²) in [6.07, 6.45) is 2.85. The lowest BCUT2D eigenvalue weighted by molar-refractivity contribution is 0.512. The lowest BCUT2D eigenvalue weighted by Gasteiger charge is -2.16. The molecule has 0 fully saturated rings. The van der Waals surface area contributed by atoms with E-state index >= 15 is 0 Å². The molecule has 1 atom stereocenters. The van der Waals surface area contributed by atoms with Gasteiger partial charge in [-0.15, -0.1) is 0 Å². The summed E-state index contributed by atoms with van der Waals surface area (Å²) in [7, 11) is -3.46. The van der Waals surface area contributed by atoms with Crippen LogP contribution in [0.4, 0.5) is 0 Å². The summed E-state index contributed by atoms with van der Waals surface area (Å²) in [5.41, 5.74) is 0.821. The Hall–Kier alpha value is -1.38. The summed E-state index contributed by atoms with van der Waals surface area (Å²) in [5, 5.41) is 8.58. The van der Waals surface area contributed by atoms with E-state index in [2.05, 4.69) is 4.72 Å². The normalized spacial score (nSPS) is 12.9. The van der Waals surface area contributed by atoms with Gasteiger partial charge in [0.2, 0.25) is 10.0 Å². The molecule has 0 heterocycles. The van der Waals surface area contributed by atoms with E-state index in [0.717, 1.165) is 24.8 Å².